The molecular weight excluding hydrogens is 332 g/mol. The van der Waals surface area contributed by atoms with Crippen LogP contribution in [0.5, 0.6) is 5.75 Å². The largest absolute Gasteiger partial charge is 0.490 e. The van der Waals surface area contributed by atoms with E-state index in [9.17, 15) is 4.79 Å². The molecule has 1 aliphatic heterocycles. The fourth-order valence-corrected chi connectivity index (χ4v) is 2.35. The SMILES string of the molecule is Cc1ccc(C(=O)c2ccc(Br)cc2OCC2CO2)cc1. The van der Waals surface area contributed by atoms with Gasteiger partial charge in [-0.15, -0.1) is 0 Å². The lowest BCUT2D eigenvalue weighted by Gasteiger charge is -2.11. The predicted octanol–water partition coefficient (Wildman–Crippen LogP) is 3.77. The summed E-state index contributed by atoms with van der Waals surface area (Å²) in [6.07, 6.45) is 0.159. The summed E-state index contributed by atoms with van der Waals surface area (Å²) in [4.78, 5) is 12.6. The smallest absolute Gasteiger partial charge is 0.196 e. The molecule has 1 atom stereocenters. The van der Waals surface area contributed by atoms with Gasteiger partial charge in [-0.3, -0.25) is 4.79 Å². The summed E-state index contributed by atoms with van der Waals surface area (Å²) in [6.45, 7) is 3.21. The third-order valence-electron chi connectivity index (χ3n) is 3.33. The van der Waals surface area contributed by atoms with Crippen molar-refractivity contribution in [3.63, 3.8) is 0 Å². The predicted molar refractivity (Wildman–Crippen MR) is 84.0 cm³/mol. The molecule has 108 valence electrons. The Bertz CT molecular complexity index is 660. The van der Waals surface area contributed by atoms with Gasteiger partial charge in [0.15, 0.2) is 5.78 Å². The van der Waals surface area contributed by atoms with E-state index in [4.69, 9.17) is 9.47 Å². The normalized spacial score (nSPS) is 16.6. The van der Waals surface area contributed by atoms with Gasteiger partial charge in [-0.05, 0) is 25.1 Å². The van der Waals surface area contributed by atoms with Crippen LogP contribution in [0.25, 0.3) is 0 Å². The zero-order valence-corrected chi connectivity index (χ0v) is 13.2. The summed E-state index contributed by atoms with van der Waals surface area (Å²) in [5.41, 5.74) is 2.36. The van der Waals surface area contributed by atoms with Gasteiger partial charge >= 0.3 is 0 Å². The van der Waals surface area contributed by atoms with E-state index in [1.807, 2.05) is 43.3 Å². The van der Waals surface area contributed by atoms with E-state index < -0.39 is 0 Å². The number of carbonyl (C=O) groups is 1. The Labute approximate surface area is 132 Å². The van der Waals surface area contributed by atoms with E-state index in [1.165, 1.54) is 0 Å². The number of carbonyl (C=O) groups excluding carboxylic acids is 1. The zero-order chi connectivity index (χ0) is 14.8. The molecule has 0 amide bonds. The molecule has 21 heavy (non-hydrogen) atoms. The molecule has 0 aromatic heterocycles. The van der Waals surface area contributed by atoms with Gasteiger partial charge in [-0.1, -0.05) is 45.8 Å². The van der Waals surface area contributed by atoms with E-state index in [0.717, 1.165) is 16.6 Å². The first-order valence-electron chi connectivity index (χ1n) is 6.79. The molecule has 2 aromatic carbocycles. The molecular formula is C17H15BrO3. The molecule has 0 spiro atoms. The summed E-state index contributed by atoms with van der Waals surface area (Å²) >= 11 is 3.41. The number of benzene rings is 2. The summed E-state index contributed by atoms with van der Waals surface area (Å²) in [5, 5.41) is 0. The van der Waals surface area contributed by atoms with Crippen LogP contribution in [0.4, 0.5) is 0 Å². The van der Waals surface area contributed by atoms with E-state index in [0.29, 0.717) is 23.5 Å². The second-order valence-corrected chi connectivity index (χ2v) is 6.02. The third-order valence-corrected chi connectivity index (χ3v) is 3.82. The molecule has 4 heteroatoms. The molecule has 1 saturated heterocycles. The van der Waals surface area contributed by atoms with Crippen molar-refractivity contribution in [3.05, 3.63) is 63.6 Å². The number of rotatable bonds is 5. The lowest BCUT2D eigenvalue weighted by Crippen LogP contribution is -2.09. The molecule has 0 bridgehead atoms. The Balaban J connectivity index is 1.88. The van der Waals surface area contributed by atoms with Crippen LogP contribution in [0.1, 0.15) is 21.5 Å². The maximum absolute atomic E-state index is 12.6. The maximum Gasteiger partial charge on any atom is 0.196 e. The fourth-order valence-electron chi connectivity index (χ4n) is 2.01. The quantitative estimate of drug-likeness (QED) is 0.611. The lowest BCUT2D eigenvalue weighted by molar-refractivity contribution is 0.103. The van der Waals surface area contributed by atoms with Crippen molar-refractivity contribution in [3.8, 4) is 5.75 Å². The minimum absolute atomic E-state index is 0.0331. The number of ketones is 1. The van der Waals surface area contributed by atoms with Crippen LogP contribution in [0, 0.1) is 6.92 Å². The van der Waals surface area contributed by atoms with Crippen LogP contribution in [0.2, 0.25) is 0 Å². The molecule has 0 radical (unpaired) electrons. The molecule has 1 unspecified atom stereocenters. The Morgan fingerprint density at radius 3 is 2.67 bits per heavy atom. The summed E-state index contributed by atoms with van der Waals surface area (Å²) in [7, 11) is 0. The fraction of sp³-hybridized carbons (Fsp3) is 0.235. The minimum atomic E-state index is -0.0331. The second kappa shape index (κ2) is 6.00. The molecule has 3 rings (SSSR count). The van der Waals surface area contributed by atoms with Gasteiger partial charge in [-0.25, -0.2) is 0 Å². The van der Waals surface area contributed by atoms with Gasteiger partial charge in [0, 0.05) is 10.0 Å². The molecule has 1 fully saturated rings. The molecule has 2 aromatic rings. The monoisotopic (exact) mass is 346 g/mol. The highest BCUT2D eigenvalue weighted by atomic mass is 79.9. The Morgan fingerprint density at radius 1 is 1.29 bits per heavy atom. The van der Waals surface area contributed by atoms with Crippen molar-refractivity contribution >= 4 is 21.7 Å². The number of hydrogen-bond donors (Lipinski definition) is 0. The highest BCUT2D eigenvalue weighted by molar-refractivity contribution is 9.10. The minimum Gasteiger partial charge on any atom is -0.490 e. The van der Waals surface area contributed by atoms with Crippen molar-refractivity contribution in [1.82, 2.24) is 0 Å². The highest BCUT2D eigenvalue weighted by Gasteiger charge is 2.24. The van der Waals surface area contributed by atoms with Gasteiger partial charge in [0.25, 0.3) is 0 Å². The third kappa shape index (κ3) is 3.52. The van der Waals surface area contributed by atoms with E-state index in [1.54, 1.807) is 6.07 Å². The first kappa shape index (κ1) is 14.3. The summed E-state index contributed by atoms with van der Waals surface area (Å²) in [6, 6.07) is 13.0. The Hall–Kier alpha value is -1.65. The molecule has 1 heterocycles. The molecule has 0 saturated carbocycles. The Morgan fingerprint density at radius 2 is 2.00 bits per heavy atom. The Kier molecular flexibility index (Phi) is 4.08. The number of epoxide rings is 1. The van der Waals surface area contributed by atoms with Crippen molar-refractivity contribution in [2.24, 2.45) is 0 Å². The first-order valence-corrected chi connectivity index (χ1v) is 7.58. The van der Waals surface area contributed by atoms with Gasteiger partial charge in [0.1, 0.15) is 18.5 Å². The van der Waals surface area contributed by atoms with Crippen LogP contribution in [-0.2, 0) is 4.74 Å². The zero-order valence-electron chi connectivity index (χ0n) is 11.6. The van der Waals surface area contributed by atoms with Crippen LogP contribution in [0.15, 0.2) is 46.9 Å². The number of hydrogen-bond acceptors (Lipinski definition) is 3. The average molecular weight is 347 g/mol. The van der Waals surface area contributed by atoms with Crippen LogP contribution in [0.3, 0.4) is 0 Å². The van der Waals surface area contributed by atoms with Gasteiger partial charge in [0.05, 0.1) is 12.2 Å². The lowest BCUT2D eigenvalue weighted by atomic mass is 10.0. The van der Waals surface area contributed by atoms with Crippen LogP contribution >= 0.6 is 15.9 Å². The van der Waals surface area contributed by atoms with Crippen molar-refractivity contribution in [1.29, 1.82) is 0 Å². The number of ether oxygens (including phenoxy) is 2. The van der Waals surface area contributed by atoms with Gasteiger partial charge in [0.2, 0.25) is 0 Å². The van der Waals surface area contributed by atoms with Crippen LogP contribution in [-0.4, -0.2) is 25.1 Å². The molecule has 3 nitrogen and oxygen atoms in total. The van der Waals surface area contributed by atoms with E-state index in [-0.39, 0.29) is 11.9 Å². The van der Waals surface area contributed by atoms with Crippen molar-refractivity contribution < 1.29 is 14.3 Å². The van der Waals surface area contributed by atoms with Crippen molar-refractivity contribution in [2.45, 2.75) is 13.0 Å². The molecule has 0 aliphatic carbocycles. The molecule has 1 aliphatic rings. The van der Waals surface area contributed by atoms with E-state index in [2.05, 4.69) is 15.9 Å². The summed E-state index contributed by atoms with van der Waals surface area (Å²) in [5.74, 6) is 0.555. The number of aryl methyl sites for hydroxylation is 1. The topological polar surface area (TPSA) is 38.8 Å². The standard InChI is InChI=1S/C17H15BrO3/c1-11-2-4-12(5-3-11)17(19)15-7-6-13(18)8-16(15)21-10-14-9-20-14/h2-8,14H,9-10H2,1H3. The van der Waals surface area contributed by atoms with Gasteiger partial charge in [-0.2, -0.15) is 0 Å². The average Bonchev–Trinajstić information content (AvgIpc) is 3.29. The number of halogens is 1. The van der Waals surface area contributed by atoms with Gasteiger partial charge < -0.3 is 9.47 Å². The highest BCUT2D eigenvalue weighted by Crippen LogP contribution is 2.27. The van der Waals surface area contributed by atoms with Crippen molar-refractivity contribution in [2.75, 3.05) is 13.2 Å². The van der Waals surface area contributed by atoms with E-state index >= 15 is 0 Å². The van der Waals surface area contributed by atoms with Crippen LogP contribution < -0.4 is 4.74 Å². The first-order chi connectivity index (χ1) is 10.1. The maximum atomic E-state index is 12.6. The summed E-state index contributed by atoms with van der Waals surface area (Å²) < 4.78 is 11.8. The molecule has 0 N–H and O–H groups in total. The second-order valence-electron chi connectivity index (χ2n) is 5.10.